The van der Waals surface area contributed by atoms with Gasteiger partial charge in [-0.05, 0) is 49.3 Å². The number of sulfonamides is 1. The Morgan fingerprint density at radius 2 is 2.10 bits per heavy atom. The Kier molecular flexibility index (Phi) is 4.72. The van der Waals surface area contributed by atoms with E-state index >= 15 is 0 Å². The van der Waals surface area contributed by atoms with Crippen molar-refractivity contribution in [3.8, 4) is 11.8 Å². The number of aryl methyl sites for hydroxylation is 1. The van der Waals surface area contributed by atoms with Crippen LogP contribution in [0.15, 0.2) is 23.1 Å². The summed E-state index contributed by atoms with van der Waals surface area (Å²) in [7, 11) is -3.53. The van der Waals surface area contributed by atoms with Crippen LogP contribution < -0.4 is 10.5 Å². The first-order valence-electron chi connectivity index (χ1n) is 7.22. The van der Waals surface area contributed by atoms with Gasteiger partial charge >= 0.3 is 0 Å². The highest BCUT2D eigenvalue weighted by Crippen LogP contribution is 2.48. The predicted octanol–water partition coefficient (Wildman–Crippen LogP) is 1.77. The molecule has 0 saturated heterocycles. The van der Waals surface area contributed by atoms with Gasteiger partial charge in [-0.3, -0.25) is 0 Å². The van der Waals surface area contributed by atoms with Crippen LogP contribution >= 0.6 is 0 Å². The normalized spacial score (nSPS) is 16.1. The van der Waals surface area contributed by atoms with Gasteiger partial charge in [0.25, 0.3) is 0 Å². The zero-order chi connectivity index (χ0) is 15.5. The van der Waals surface area contributed by atoms with Gasteiger partial charge in [0, 0.05) is 12.1 Å². The molecule has 0 unspecified atom stereocenters. The molecule has 1 saturated carbocycles. The van der Waals surface area contributed by atoms with E-state index in [4.69, 9.17) is 5.73 Å². The highest BCUT2D eigenvalue weighted by molar-refractivity contribution is 7.89. The van der Waals surface area contributed by atoms with Crippen LogP contribution in [-0.2, 0) is 10.0 Å². The average Bonchev–Trinajstić information content (AvgIpc) is 3.23. The third-order valence-corrected chi connectivity index (χ3v) is 5.55. The van der Waals surface area contributed by atoms with Crippen molar-refractivity contribution in [3.63, 3.8) is 0 Å². The van der Waals surface area contributed by atoms with Crippen LogP contribution in [-0.4, -0.2) is 21.5 Å². The second-order valence-electron chi connectivity index (χ2n) is 5.68. The summed E-state index contributed by atoms with van der Waals surface area (Å²) in [5, 5.41) is 0. The Balaban J connectivity index is 2.26. The molecule has 0 atom stereocenters. The van der Waals surface area contributed by atoms with E-state index in [2.05, 4.69) is 23.5 Å². The number of nitrogens with two attached hydrogens (primary N) is 1. The summed E-state index contributed by atoms with van der Waals surface area (Å²) in [6.45, 7) is 4.72. The van der Waals surface area contributed by atoms with Gasteiger partial charge < -0.3 is 5.73 Å². The quantitative estimate of drug-likeness (QED) is 0.814. The summed E-state index contributed by atoms with van der Waals surface area (Å²) >= 11 is 0. The molecule has 1 aromatic rings. The van der Waals surface area contributed by atoms with Crippen LogP contribution in [0.25, 0.3) is 0 Å². The van der Waals surface area contributed by atoms with E-state index in [0.29, 0.717) is 12.1 Å². The zero-order valence-electron chi connectivity index (χ0n) is 12.6. The minimum atomic E-state index is -3.53. The number of rotatable bonds is 5. The van der Waals surface area contributed by atoms with Gasteiger partial charge in [0.15, 0.2) is 0 Å². The van der Waals surface area contributed by atoms with Crippen LogP contribution in [0, 0.1) is 24.2 Å². The van der Waals surface area contributed by atoms with Crippen molar-refractivity contribution in [1.82, 2.24) is 4.72 Å². The van der Waals surface area contributed by atoms with E-state index < -0.39 is 10.0 Å². The van der Waals surface area contributed by atoms with Crippen molar-refractivity contribution >= 4 is 10.0 Å². The fraction of sp³-hybridized carbons (Fsp3) is 0.500. The van der Waals surface area contributed by atoms with Gasteiger partial charge in [-0.15, -0.1) is 0 Å². The number of hydrogen-bond acceptors (Lipinski definition) is 3. The lowest BCUT2D eigenvalue weighted by molar-refractivity contribution is 0.475. The molecule has 0 spiro atoms. The fourth-order valence-corrected chi connectivity index (χ4v) is 3.58. The maximum Gasteiger partial charge on any atom is 0.241 e. The predicted molar refractivity (Wildman–Crippen MR) is 84.3 cm³/mol. The first-order chi connectivity index (χ1) is 9.92. The fourth-order valence-electron chi connectivity index (χ4n) is 2.28. The summed E-state index contributed by atoms with van der Waals surface area (Å²) in [6, 6.07) is 5.18. The molecule has 2 rings (SSSR count). The maximum atomic E-state index is 12.5. The smallest absolute Gasteiger partial charge is 0.241 e. The Labute approximate surface area is 127 Å². The molecule has 0 aromatic heterocycles. The Morgan fingerprint density at radius 3 is 2.67 bits per heavy atom. The van der Waals surface area contributed by atoms with Gasteiger partial charge in [0.05, 0.1) is 11.4 Å². The third-order valence-electron chi connectivity index (χ3n) is 4.09. The van der Waals surface area contributed by atoms with Gasteiger partial charge in [0.1, 0.15) is 0 Å². The molecule has 1 aliphatic carbocycles. The Bertz CT molecular complexity index is 680. The van der Waals surface area contributed by atoms with Gasteiger partial charge in [-0.25, -0.2) is 13.1 Å². The first kappa shape index (κ1) is 16.0. The molecule has 1 aliphatic rings. The van der Waals surface area contributed by atoms with Gasteiger partial charge in [-0.2, -0.15) is 0 Å². The molecule has 4 nitrogen and oxygen atoms in total. The molecule has 0 aliphatic heterocycles. The largest absolute Gasteiger partial charge is 0.320 e. The zero-order valence-corrected chi connectivity index (χ0v) is 13.4. The summed E-state index contributed by atoms with van der Waals surface area (Å²) < 4.78 is 27.8. The lowest BCUT2D eigenvalue weighted by Gasteiger charge is -2.14. The molecular formula is C16H22N2O2S. The van der Waals surface area contributed by atoms with Crippen molar-refractivity contribution in [3.05, 3.63) is 29.3 Å². The Hall–Kier alpha value is -1.35. The van der Waals surface area contributed by atoms with Crippen molar-refractivity contribution in [2.45, 2.75) is 38.0 Å². The monoisotopic (exact) mass is 306 g/mol. The molecule has 0 bridgehead atoms. The van der Waals surface area contributed by atoms with E-state index in [1.807, 2.05) is 6.92 Å². The number of benzene rings is 1. The van der Waals surface area contributed by atoms with Crippen molar-refractivity contribution < 1.29 is 8.42 Å². The summed E-state index contributed by atoms with van der Waals surface area (Å²) in [4.78, 5) is 0.237. The maximum absolute atomic E-state index is 12.5. The second kappa shape index (κ2) is 6.18. The van der Waals surface area contributed by atoms with Crippen LogP contribution in [0.2, 0.25) is 0 Å². The van der Waals surface area contributed by atoms with Crippen LogP contribution in [0.1, 0.15) is 37.3 Å². The van der Waals surface area contributed by atoms with Crippen LogP contribution in [0.4, 0.5) is 0 Å². The summed E-state index contributed by atoms with van der Waals surface area (Å²) in [6.07, 6.45) is 3.20. The first-order valence-corrected chi connectivity index (χ1v) is 8.70. The van der Waals surface area contributed by atoms with E-state index in [1.165, 1.54) is 0 Å². The van der Waals surface area contributed by atoms with Crippen LogP contribution in [0.5, 0.6) is 0 Å². The molecule has 114 valence electrons. The second-order valence-corrected chi connectivity index (χ2v) is 7.42. The molecule has 5 heteroatoms. The van der Waals surface area contributed by atoms with Gasteiger partial charge in [0.2, 0.25) is 10.0 Å². The van der Waals surface area contributed by atoms with E-state index in [-0.39, 0.29) is 16.9 Å². The molecule has 1 fully saturated rings. The number of nitrogens with one attached hydrogen (secondary N) is 1. The minimum absolute atomic E-state index is 0.168. The van der Waals surface area contributed by atoms with Crippen molar-refractivity contribution in [2.24, 2.45) is 11.1 Å². The molecule has 0 radical (unpaired) electrons. The van der Waals surface area contributed by atoms with E-state index in [1.54, 1.807) is 18.2 Å². The molecule has 0 heterocycles. The van der Waals surface area contributed by atoms with E-state index in [9.17, 15) is 8.42 Å². The molecule has 1 aromatic carbocycles. The highest BCUT2D eigenvalue weighted by atomic mass is 32.2. The molecule has 0 amide bonds. The lowest BCUT2D eigenvalue weighted by atomic mass is 10.1. The van der Waals surface area contributed by atoms with Crippen LogP contribution in [0.3, 0.4) is 0 Å². The van der Waals surface area contributed by atoms with Crippen molar-refractivity contribution in [2.75, 3.05) is 13.1 Å². The summed E-state index contributed by atoms with van der Waals surface area (Å²) in [5.41, 5.74) is 7.03. The molecular weight excluding hydrogens is 284 g/mol. The molecule has 3 N–H and O–H groups in total. The highest BCUT2D eigenvalue weighted by Gasteiger charge is 2.41. The lowest BCUT2D eigenvalue weighted by Crippen LogP contribution is -2.30. The van der Waals surface area contributed by atoms with Gasteiger partial charge in [-0.1, -0.05) is 24.8 Å². The minimum Gasteiger partial charge on any atom is -0.320 e. The van der Waals surface area contributed by atoms with Crippen molar-refractivity contribution in [1.29, 1.82) is 0 Å². The average molecular weight is 306 g/mol. The third kappa shape index (κ3) is 3.85. The SMILES string of the molecule is CCC1(CNS(=O)(=O)c2ccc(C)cc2C#CCN)CC1. The standard InChI is InChI=1S/C16H22N2O2S/c1-3-16(8-9-16)12-18-21(19,20)15-7-6-13(2)11-14(15)5-4-10-17/h6-7,11,18H,3,8-10,12,17H2,1-2H3. The molecule has 21 heavy (non-hydrogen) atoms. The van der Waals surface area contributed by atoms with E-state index in [0.717, 1.165) is 24.8 Å². The topological polar surface area (TPSA) is 72.2 Å². The Morgan fingerprint density at radius 1 is 1.38 bits per heavy atom. The summed E-state index contributed by atoms with van der Waals surface area (Å²) in [5.74, 6) is 5.58. The number of hydrogen-bond donors (Lipinski definition) is 2.